The van der Waals surface area contributed by atoms with Gasteiger partial charge < -0.3 is 20.4 Å². The Morgan fingerprint density at radius 1 is 1.10 bits per heavy atom. The highest BCUT2D eigenvalue weighted by Gasteiger charge is 2.47. The molecule has 0 spiro atoms. The second-order valence-corrected chi connectivity index (χ2v) is 13.6. The smallest absolute Gasteiger partial charge is 0.243 e. The first-order chi connectivity index (χ1) is 19.5. The lowest BCUT2D eigenvalue weighted by atomic mass is 9.72. The van der Waals surface area contributed by atoms with Crippen molar-refractivity contribution in [2.45, 2.75) is 84.1 Å². The second kappa shape index (κ2) is 11.4. The van der Waals surface area contributed by atoms with E-state index in [1.165, 1.54) is 18.4 Å². The third-order valence-electron chi connectivity index (χ3n) is 9.18. The van der Waals surface area contributed by atoms with Crippen LogP contribution in [0.15, 0.2) is 42.5 Å². The number of hydrogen-bond acceptors (Lipinski definition) is 4. The maximum Gasteiger partial charge on any atom is 0.243 e. The molecule has 1 saturated carbocycles. The van der Waals surface area contributed by atoms with Crippen LogP contribution in [-0.4, -0.2) is 47.6 Å². The Hall–Kier alpha value is -2.90. The fraction of sp³-hybridized carbons (Fsp3) is 0.545. The van der Waals surface area contributed by atoms with Crippen molar-refractivity contribution in [3.05, 3.63) is 64.4 Å². The lowest BCUT2D eigenvalue weighted by Crippen LogP contribution is -2.58. The van der Waals surface area contributed by atoms with Crippen molar-refractivity contribution in [1.29, 1.82) is 0 Å². The Kier molecular flexibility index (Phi) is 8.23. The minimum Gasteiger partial charge on any atom is -0.381 e. The van der Waals surface area contributed by atoms with E-state index in [1.54, 1.807) is 0 Å². The summed E-state index contributed by atoms with van der Waals surface area (Å²) in [4.78, 5) is 35.6. The van der Waals surface area contributed by atoms with Gasteiger partial charge in [0.2, 0.25) is 11.8 Å². The zero-order valence-corrected chi connectivity index (χ0v) is 25.7. The molecule has 2 heterocycles. The van der Waals surface area contributed by atoms with E-state index in [2.05, 4.69) is 40.7 Å². The monoisotopic (exact) mass is 578 g/mol. The van der Waals surface area contributed by atoms with E-state index in [9.17, 15) is 9.59 Å². The van der Waals surface area contributed by atoms with E-state index in [0.717, 1.165) is 33.9 Å². The molecule has 1 aromatic heterocycles. The summed E-state index contributed by atoms with van der Waals surface area (Å²) in [6.45, 7) is 11.6. The van der Waals surface area contributed by atoms with Gasteiger partial charge in [-0.25, -0.2) is 4.98 Å². The number of ether oxygens (including phenoxy) is 1. The highest BCUT2D eigenvalue weighted by atomic mass is 35.5. The van der Waals surface area contributed by atoms with E-state index in [4.69, 9.17) is 21.3 Å². The van der Waals surface area contributed by atoms with E-state index in [0.29, 0.717) is 32.6 Å². The average molecular weight is 579 g/mol. The number of carbonyl (C=O) groups excluding carboxylic acids is 2. The number of H-pyrrole nitrogens is 1. The van der Waals surface area contributed by atoms with Gasteiger partial charge in [0.15, 0.2) is 0 Å². The fourth-order valence-corrected chi connectivity index (χ4v) is 6.54. The molecule has 41 heavy (non-hydrogen) atoms. The fourth-order valence-electron chi connectivity index (χ4n) is 6.27. The van der Waals surface area contributed by atoms with Gasteiger partial charge in [0.1, 0.15) is 11.9 Å². The number of benzene rings is 2. The van der Waals surface area contributed by atoms with Crippen LogP contribution in [0.3, 0.4) is 0 Å². The number of carbonyl (C=O) groups is 2. The molecule has 2 aliphatic rings. The standard InChI is InChI=1S/C33H43ClN4O3/c1-6-35-29(39)28(31(2,3)4)38-30(40)33(15-17-41-18-16-33)21-11-12-25-26(19-21)37-27(36-25)20-23(32(5)13-14-32)22-9-7-8-10-24(22)34/h7-12,19,23,28H,6,13-18,20H2,1-5H3,(H,35,39)(H,36,37)(H,38,40). The normalized spacial score (nSPS) is 19.4. The Balaban J connectivity index is 1.46. The van der Waals surface area contributed by atoms with Crippen molar-refractivity contribution in [2.24, 2.45) is 10.8 Å². The predicted molar refractivity (Wildman–Crippen MR) is 163 cm³/mol. The molecule has 2 fully saturated rings. The SMILES string of the molecule is CCNC(=O)C(NC(=O)C1(c2ccc3nc(CC(c4ccccc4Cl)C4(C)CC4)[nH]c3c2)CCOCC1)C(C)(C)C. The first kappa shape index (κ1) is 29.6. The predicted octanol–water partition coefficient (Wildman–Crippen LogP) is 6.06. The highest BCUT2D eigenvalue weighted by Crippen LogP contribution is 2.57. The van der Waals surface area contributed by atoms with Crippen LogP contribution in [-0.2, 0) is 26.2 Å². The summed E-state index contributed by atoms with van der Waals surface area (Å²) >= 11 is 6.65. The molecule has 8 heteroatoms. The Bertz CT molecular complexity index is 1420. The zero-order chi connectivity index (χ0) is 29.4. The average Bonchev–Trinajstić information content (AvgIpc) is 3.55. The second-order valence-electron chi connectivity index (χ2n) is 13.2. The lowest BCUT2D eigenvalue weighted by molar-refractivity contribution is -0.137. The number of imidazole rings is 1. The number of aromatic nitrogens is 2. The Labute approximate surface area is 248 Å². The number of rotatable bonds is 9. The minimum absolute atomic E-state index is 0.133. The number of amides is 2. The third kappa shape index (κ3) is 6.02. The summed E-state index contributed by atoms with van der Waals surface area (Å²) in [7, 11) is 0. The molecule has 1 aliphatic carbocycles. The molecule has 0 bridgehead atoms. The number of aromatic amines is 1. The number of nitrogens with zero attached hydrogens (tertiary/aromatic N) is 1. The van der Waals surface area contributed by atoms with E-state index < -0.39 is 16.9 Å². The number of hydrogen-bond donors (Lipinski definition) is 3. The molecular weight excluding hydrogens is 536 g/mol. The first-order valence-electron chi connectivity index (χ1n) is 14.9. The molecule has 2 amide bonds. The maximum atomic E-state index is 14.1. The quantitative estimate of drug-likeness (QED) is 0.288. The molecular formula is C33H43ClN4O3. The van der Waals surface area contributed by atoms with Crippen LogP contribution < -0.4 is 10.6 Å². The minimum atomic E-state index is -0.796. The van der Waals surface area contributed by atoms with Crippen LogP contribution >= 0.6 is 11.6 Å². The van der Waals surface area contributed by atoms with Gasteiger partial charge >= 0.3 is 0 Å². The molecule has 2 aromatic carbocycles. The Morgan fingerprint density at radius 2 is 1.80 bits per heavy atom. The summed E-state index contributed by atoms with van der Waals surface area (Å²) in [6, 6.07) is 13.6. The summed E-state index contributed by atoms with van der Waals surface area (Å²) in [5.41, 5.74) is 2.85. The third-order valence-corrected chi connectivity index (χ3v) is 9.52. The van der Waals surface area contributed by atoms with Gasteiger partial charge in [-0.15, -0.1) is 0 Å². The van der Waals surface area contributed by atoms with E-state index in [1.807, 2.05) is 52.0 Å². The molecule has 0 radical (unpaired) electrons. The summed E-state index contributed by atoms with van der Waals surface area (Å²) < 4.78 is 5.69. The zero-order valence-electron chi connectivity index (χ0n) is 24.9. The van der Waals surface area contributed by atoms with E-state index >= 15 is 0 Å². The Morgan fingerprint density at radius 3 is 2.44 bits per heavy atom. The molecule has 2 atom stereocenters. The summed E-state index contributed by atoms with van der Waals surface area (Å²) in [5, 5.41) is 6.82. The van der Waals surface area contributed by atoms with Crippen molar-refractivity contribution >= 4 is 34.4 Å². The maximum absolute atomic E-state index is 14.1. The lowest BCUT2D eigenvalue weighted by Gasteiger charge is -2.39. The molecule has 3 N–H and O–H groups in total. The number of halogens is 1. The highest BCUT2D eigenvalue weighted by molar-refractivity contribution is 6.31. The van der Waals surface area contributed by atoms with Gasteiger partial charge in [-0.2, -0.15) is 0 Å². The molecule has 220 valence electrons. The van der Waals surface area contributed by atoms with Gasteiger partial charge in [0.25, 0.3) is 0 Å². The van der Waals surface area contributed by atoms with Crippen molar-refractivity contribution < 1.29 is 14.3 Å². The van der Waals surface area contributed by atoms with Crippen LogP contribution in [0, 0.1) is 10.8 Å². The molecule has 7 nitrogen and oxygen atoms in total. The van der Waals surface area contributed by atoms with Gasteiger partial charge in [0.05, 0.1) is 16.4 Å². The first-order valence-corrected chi connectivity index (χ1v) is 15.2. The van der Waals surface area contributed by atoms with Crippen molar-refractivity contribution in [3.63, 3.8) is 0 Å². The number of likely N-dealkylation sites (N-methyl/N-ethyl adjacent to an activating group) is 1. The number of nitrogens with one attached hydrogen (secondary N) is 3. The largest absolute Gasteiger partial charge is 0.381 e. The van der Waals surface area contributed by atoms with Crippen LogP contribution in [0.25, 0.3) is 11.0 Å². The van der Waals surface area contributed by atoms with Crippen LogP contribution in [0.5, 0.6) is 0 Å². The van der Waals surface area contributed by atoms with Gasteiger partial charge in [-0.1, -0.05) is 63.6 Å². The van der Waals surface area contributed by atoms with Gasteiger partial charge in [0, 0.05) is 31.2 Å². The summed E-state index contributed by atoms with van der Waals surface area (Å²) in [5.74, 6) is 0.894. The van der Waals surface area contributed by atoms with Crippen LogP contribution in [0.4, 0.5) is 0 Å². The van der Waals surface area contributed by atoms with E-state index in [-0.39, 0.29) is 23.1 Å². The molecule has 1 saturated heterocycles. The van der Waals surface area contributed by atoms with Gasteiger partial charge in [-0.05, 0) is 78.7 Å². The van der Waals surface area contributed by atoms with Crippen LogP contribution in [0.1, 0.15) is 83.2 Å². The van der Waals surface area contributed by atoms with Gasteiger partial charge in [-0.3, -0.25) is 9.59 Å². The van der Waals surface area contributed by atoms with Crippen molar-refractivity contribution in [2.75, 3.05) is 19.8 Å². The van der Waals surface area contributed by atoms with Crippen LogP contribution in [0.2, 0.25) is 5.02 Å². The number of fused-ring (bicyclic) bond motifs is 1. The van der Waals surface area contributed by atoms with Crippen molar-refractivity contribution in [3.8, 4) is 0 Å². The van der Waals surface area contributed by atoms with Crippen molar-refractivity contribution in [1.82, 2.24) is 20.6 Å². The molecule has 5 rings (SSSR count). The summed E-state index contributed by atoms with van der Waals surface area (Å²) in [6.07, 6.45) is 4.22. The molecule has 3 aromatic rings. The topological polar surface area (TPSA) is 96.1 Å². The molecule has 1 aliphatic heterocycles. The molecule has 2 unspecified atom stereocenters.